The molecule has 0 radical (unpaired) electrons. The van der Waals surface area contributed by atoms with E-state index in [1.54, 1.807) is 0 Å². The third kappa shape index (κ3) is 2.75. The van der Waals surface area contributed by atoms with E-state index in [9.17, 15) is 0 Å². The highest BCUT2D eigenvalue weighted by Crippen LogP contribution is 2.42. The number of methoxy groups -OCH3 is 1. The molecule has 2 aliphatic rings. The van der Waals surface area contributed by atoms with Crippen molar-refractivity contribution in [3.63, 3.8) is 0 Å². The Morgan fingerprint density at radius 1 is 0.867 bits per heavy atom. The average Bonchev–Trinajstić information content (AvgIpc) is 2.31. The third-order valence-corrected chi connectivity index (χ3v) is 4.90. The van der Waals surface area contributed by atoms with E-state index in [4.69, 9.17) is 4.74 Å². The van der Waals surface area contributed by atoms with Crippen LogP contribution in [0.1, 0.15) is 64.7 Å². The van der Waals surface area contributed by atoms with Gasteiger partial charge in [0.05, 0.1) is 5.60 Å². The molecular weight excluding hydrogens is 184 g/mol. The van der Waals surface area contributed by atoms with Gasteiger partial charge in [0.15, 0.2) is 0 Å². The zero-order valence-corrected chi connectivity index (χ0v) is 10.4. The summed E-state index contributed by atoms with van der Waals surface area (Å²) in [7, 11) is 1.88. The first-order valence-corrected chi connectivity index (χ1v) is 6.79. The van der Waals surface area contributed by atoms with Crippen molar-refractivity contribution in [2.45, 2.75) is 70.3 Å². The maximum Gasteiger partial charge on any atom is 0.0651 e. The molecule has 0 heterocycles. The van der Waals surface area contributed by atoms with Crippen LogP contribution in [0.2, 0.25) is 0 Å². The quantitative estimate of drug-likeness (QED) is 0.665. The van der Waals surface area contributed by atoms with Gasteiger partial charge < -0.3 is 4.74 Å². The number of hydrogen-bond acceptors (Lipinski definition) is 1. The standard InChI is InChI=1S/C14H26O/c1-14(15-2)10-8-13(9-11-14)12-6-4-3-5-7-12/h12-13H,3-11H2,1-2H3. The first-order chi connectivity index (χ1) is 7.23. The fourth-order valence-electron chi connectivity index (χ4n) is 3.53. The van der Waals surface area contributed by atoms with Gasteiger partial charge in [-0.05, 0) is 44.4 Å². The second kappa shape index (κ2) is 4.86. The Morgan fingerprint density at radius 2 is 1.40 bits per heavy atom. The lowest BCUT2D eigenvalue weighted by Crippen LogP contribution is -2.35. The molecule has 0 aromatic rings. The third-order valence-electron chi connectivity index (χ3n) is 4.90. The molecule has 0 saturated heterocycles. The predicted molar refractivity (Wildman–Crippen MR) is 63.9 cm³/mol. The van der Waals surface area contributed by atoms with E-state index in [2.05, 4.69) is 6.92 Å². The van der Waals surface area contributed by atoms with Gasteiger partial charge in [-0.3, -0.25) is 0 Å². The zero-order chi connectivity index (χ0) is 10.7. The predicted octanol–water partition coefficient (Wildman–Crippen LogP) is 4.16. The van der Waals surface area contributed by atoms with Crippen LogP contribution in [0.4, 0.5) is 0 Å². The molecule has 0 amide bonds. The Bertz CT molecular complexity index is 186. The summed E-state index contributed by atoms with van der Waals surface area (Å²) < 4.78 is 5.61. The lowest BCUT2D eigenvalue weighted by molar-refractivity contribution is -0.0417. The molecule has 2 rings (SSSR count). The maximum absolute atomic E-state index is 5.61. The Hall–Kier alpha value is -0.0400. The molecule has 15 heavy (non-hydrogen) atoms. The molecule has 2 saturated carbocycles. The van der Waals surface area contributed by atoms with Crippen LogP contribution in [0.15, 0.2) is 0 Å². The van der Waals surface area contributed by atoms with E-state index in [-0.39, 0.29) is 5.60 Å². The SMILES string of the molecule is COC1(C)CCC(C2CCCCC2)CC1. The van der Waals surface area contributed by atoms with E-state index >= 15 is 0 Å². The summed E-state index contributed by atoms with van der Waals surface area (Å²) in [5.74, 6) is 2.08. The number of ether oxygens (including phenoxy) is 1. The van der Waals surface area contributed by atoms with Crippen LogP contribution in [0, 0.1) is 11.8 Å². The molecule has 2 aliphatic carbocycles. The van der Waals surface area contributed by atoms with Crippen LogP contribution in [0.3, 0.4) is 0 Å². The van der Waals surface area contributed by atoms with Gasteiger partial charge in [0.2, 0.25) is 0 Å². The van der Waals surface area contributed by atoms with E-state index in [1.165, 1.54) is 57.8 Å². The second-order valence-corrected chi connectivity index (χ2v) is 5.89. The van der Waals surface area contributed by atoms with E-state index in [0.29, 0.717) is 0 Å². The highest BCUT2D eigenvalue weighted by atomic mass is 16.5. The summed E-state index contributed by atoms with van der Waals surface area (Å²) in [4.78, 5) is 0. The lowest BCUT2D eigenvalue weighted by atomic mass is 9.70. The van der Waals surface area contributed by atoms with Crippen molar-refractivity contribution in [1.82, 2.24) is 0 Å². The Balaban J connectivity index is 1.82. The number of rotatable bonds is 2. The van der Waals surface area contributed by atoms with Crippen LogP contribution < -0.4 is 0 Å². The molecule has 0 aromatic carbocycles. The van der Waals surface area contributed by atoms with Crippen molar-refractivity contribution < 1.29 is 4.74 Å². The van der Waals surface area contributed by atoms with Gasteiger partial charge in [-0.1, -0.05) is 32.1 Å². The zero-order valence-electron chi connectivity index (χ0n) is 10.4. The van der Waals surface area contributed by atoms with Gasteiger partial charge in [0, 0.05) is 7.11 Å². The van der Waals surface area contributed by atoms with Gasteiger partial charge >= 0.3 is 0 Å². The average molecular weight is 210 g/mol. The lowest BCUT2D eigenvalue weighted by Gasteiger charge is -2.40. The largest absolute Gasteiger partial charge is 0.379 e. The van der Waals surface area contributed by atoms with Crippen molar-refractivity contribution in [3.8, 4) is 0 Å². The van der Waals surface area contributed by atoms with Crippen LogP contribution in [0.5, 0.6) is 0 Å². The first kappa shape index (κ1) is 11.4. The molecule has 0 N–H and O–H groups in total. The molecule has 88 valence electrons. The molecule has 0 bridgehead atoms. The van der Waals surface area contributed by atoms with Gasteiger partial charge in [0.25, 0.3) is 0 Å². The molecule has 0 aromatic heterocycles. The Labute approximate surface area is 94.6 Å². The second-order valence-electron chi connectivity index (χ2n) is 5.89. The van der Waals surface area contributed by atoms with E-state index in [0.717, 1.165) is 11.8 Å². The van der Waals surface area contributed by atoms with Crippen LogP contribution in [0.25, 0.3) is 0 Å². The highest BCUT2D eigenvalue weighted by Gasteiger charge is 2.34. The summed E-state index contributed by atoms with van der Waals surface area (Å²) in [5, 5.41) is 0. The normalized spacial score (nSPS) is 39.2. The van der Waals surface area contributed by atoms with Crippen molar-refractivity contribution in [2.75, 3.05) is 7.11 Å². The van der Waals surface area contributed by atoms with Gasteiger partial charge in [-0.15, -0.1) is 0 Å². The molecule has 0 unspecified atom stereocenters. The topological polar surface area (TPSA) is 9.23 Å². The van der Waals surface area contributed by atoms with Gasteiger partial charge in [-0.2, -0.15) is 0 Å². The fourth-order valence-corrected chi connectivity index (χ4v) is 3.53. The monoisotopic (exact) mass is 210 g/mol. The van der Waals surface area contributed by atoms with Gasteiger partial charge in [-0.25, -0.2) is 0 Å². The maximum atomic E-state index is 5.61. The van der Waals surface area contributed by atoms with Crippen molar-refractivity contribution >= 4 is 0 Å². The molecule has 0 spiro atoms. The van der Waals surface area contributed by atoms with Crippen LogP contribution in [-0.4, -0.2) is 12.7 Å². The molecular formula is C14H26O. The Morgan fingerprint density at radius 3 is 1.93 bits per heavy atom. The summed E-state index contributed by atoms with van der Waals surface area (Å²) in [6.07, 6.45) is 12.9. The first-order valence-electron chi connectivity index (χ1n) is 6.79. The van der Waals surface area contributed by atoms with Crippen molar-refractivity contribution in [3.05, 3.63) is 0 Å². The van der Waals surface area contributed by atoms with Crippen LogP contribution >= 0.6 is 0 Å². The van der Waals surface area contributed by atoms with Gasteiger partial charge in [0.1, 0.15) is 0 Å². The van der Waals surface area contributed by atoms with E-state index in [1.807, 2.05) is 7.11 Å². The van der Waals surface area contributed by atoms with Crippen LogP contribution in [-0.2, 0) is 4.74 Å². The molecule has 2 fully saturated rings. The molecule has 0 atom stereocenters. The minimum absolute atomic E-state index is 0.200. The number of hydrogen-bond donors (Lipinski definition) is 0. The summed E-state index contributed by atoms with van der Waals surface area (Å²) in [6, 6.07) is 0. The molecule has 1 nitrogen and oxygen atoms in total. The van der Waals surface area contributed by atoms with Crippen molar-refractivity contribution in [2.24, 2.45) is 11.8 Å². The molecule has 1 heteroatoms. The van der Waals surface area contributed by atoms with E-state index < -0.39 is 0 Å². The Kier molecular flexibility index (Phi) is 3.71. The van der Waals surface area contributed by atoms with Crippen molar-refractivity contribution in [1.29, 1.82) is 0 Å². The molecule has 0 aliphatic heterocycles. The summed E-state index contributed by atoms with van der Waals surface area (Å²) in [5.41, 5.74) is 0.200. The minimum Gasteiger partial charge on any atom is -0.379 e. The fraction of sp³-hybridized carbons (Fsp3) is 1.00. The minimum atomic E-state index is 0.200. The smallest absolute Gasteiger partial charge is 0.0651 e. The summed E-state index contributed by atoms with van der Waals surface area (Å²) >= 11 is 0. The highest BCUT2D eigenvalue weighted by molar-refractivity contribution is 4.86. The summed E-state index contributed by atoms with van der Waals surface area (Å²) in [6.45, 7) is 2.28.